The Morgan fingerprint density at radius 3 is 3.06 bits per heavy atom. The lowest BCUT2D eigenvalue weighted by Gasteiger charge is -2.20. The second-order valence-corrected chi connectivity index (χ2v) is 4.53. The van der Waals surface area contributed by atoms with E-state index in [9.17, 15) is 4.79 Å². The first-order valence-corrected chi connectivity index (χ1v) is 6.41. The number of carbonyl (C=O) groups excluding carboxylic acids is 1. The lowest BCUT2D eigenvalue weighted by Crippen LogP contribution is -2.48. The molecule has 1 rings (SSSR count). The van der Waals surface area contributed by atoms with Crippen LogP contribution < -0.4 is 10.6 Å². The molecule has 1 heterocycles. The Bertz CT molecular complexity index is 216. The van der Waals surface area contributed by atoms with E-state index < -0.39 is 0 Å². The van der Waals surface area contributed by atoms with Crippen LogP contribution in [0.1, 0.15) is 32.1 Å². The number of nitrogens with one attached hydrogen (secondary N) is 2. The molecule has 0 aromatic heterocycles. The normalized spacial score (nSPS) is 22.8. The van der Waals surface area contributed by atoms with E-state index in [4.69, 9.17) is 9.84 Å². The van der Waals surface area contributed by atoms with Gasteiger partial charge in [-0.3, -0.25) is 4.79 Å². The van der Waals surface area contributed by atoms with E-state index in [0.29, 0.717) is 13.0 Å². The van der Waals surface area contributed by atoms with Gasteiger partial charge in [0.2, 0.25) is 5.91 Å². The van der Waals surface area contributed by atoms with Crippen molar-refractivity contribution in [2.75, 3.05) is 26.9 Å². The fourth-order valence-corrected chi connectivity index (χ4v) is 2.02. The van der Waals surface area contributed by atoms with Crippen LogP contribution in [0.3, 0.4) is 0 Å². The van der Waals surface area contributed by atoms with Crippen LogP contribution in [-0.2, 0) is 9.53 Å². The molecule has 1 amide bonds. The first-order chi connectivity index (χ1) is 8.27. The molecule has 0 saturated carbocycles. The predicted molar refractivity (Wildman–Crippen MR) is 65.8 cm³/mol. The zero-order chi connectivity index (χ0) is 12.5. The summed E-state index contributed by atoms with van der Waals surface area (Å²) in [5.74, 6) is 0.00190. The van der Waals surface area contributed by atoms with E-state index in [-0.39, 0.29) is 24.6 Å². The van der Waals surface area contributed by atoms with E-state index in [0.717, 1.165) is 25.8 Å². The van der Waals surface area contributed by atoms with Gasteiger partial charge in [0.1, 0.15) is 0 Å². The highest BCUT2D eigenvalue weighted by Crippen LogP contribution is 2.08. The molecule has 5 heteroatoms. The number of ether oxygens (including phenoxy) is 1. The highest BCUT2D eigenvalue weighted by atomic mass is 16.5. The van der Waals surface area contributed by atoms with Crippen LogP contribution in [0.15, 0.2) is 0 Å². The largest absolute Gasteiger partial charge is 0.394 e. The SMILES string of the molecule is COCCC(CO)NC(=O)C1CCCCCN1. The number of hydrogen-bond acceptors (Lipinski definition) is 4. The molecule has 5 nitrogen and oxygen atoms in total. The van der Waals surface area contributed by atoms with Gasteiger partial charge in [0, 0.05) is 13.7 Å². The molecule has 0 aromatic rings. The van der Waals surface area contributed by atoms with Gasteiger partial charge in [0.25, 0.3) is 0 Å². The number of rotatable bonds is 6. The van der Waals surface area contributed by atoms with Gasteiger partial charge in [0.15, 0.2) is 0 Å². The molecule has 2 atom stereocenters. The molecule has 3 N–H and O–H groups in total. The van der Waals surface area contributed by atoms with Crippen LogP contribution in [0.4, 0.5) is 0 Å². The van der Waals surface area contributed by atoms with Crippen molar-refractivity contribution < 1.29 is 14.6 Å². The first kappa shape index (κ1) is 14.4. The van der Waals surface area contributed by atoms with Gasteiger partial charge in [-0.15, -0.1) is 0 Å². The van der Waals surface area contributed by atoms with Crippen LogP contribution in [0.2, 0.25) is 0 Å². The summed E-state index contributed by atoms with van der Waals surface area (Å²) in [6.45, 7) is 1.41. The summed E-state index contributed by atoms with van der Waals surface area (Å²) in [6, 6.07) is -0.304. The van der Waals surface area contributed by atoms with Crippen LogP contribution in [0.5, 0.6) is 0 Å². The van der Waals surface area contributed by atoms with Gasteiger partial charge in [-0.2, -0.15) is 0 Å². The molecule has 100 valence electrons. The minimum Gasteiger partial charge on any atom is -0.394 e. The van der Waals surface area contributed by atoms with E-state index in [1.54, 1.807) is 7.11 Å². The van der Waals surface area contributed by atoms with Crippen molar-refractivity contribution in [2.24, 2.45) is 0 Å². The van der Waals surface area contributed by atoms with Gasteiger partial charge < -0.3 is 20.5 Å². The van der Waals surface area contributed by atoms with Crippen LogP contribution in [-0.4, -0.2) is 50.0 Å². The third-order valence-corrected chi connectivity index (χ3v) is 3.11. The van der Waals surface area contributed by atoms with Gasteiger partial charge >= 0.3 is 0 Å². The third kappa shape index (κ3) is 5.48. The average molecular weight is 244 g/mol. The molecular formula is C12H24N2O3. The Labute approximate surface area is 103 Å². The number of aliphatic hydroxyl groups excluding tert-OH is 1. The van der Waals surface area contributed by atoms with E-state index in [1.807, 2.05) is 0 Å². The topological polar surface area (TPSA) is 70.6 Å². The second-order valence-electron chi connectivity index (χ2n) is 4.53. The van der Waals surface area contributed by atoms with Gasteiger partial charge in [0.05, 0.1) is 18.7 Å². The highest BCUT2D eigenvalue weighted by Gasteiger charge is 2.21. The molecule has 17 heavy (non-hydrogen) atoms. The first-order valence-electron chi connectivity index (χ1n) is 6.41. The summed E-state index contributed by atoms with van der Waals surface area (Å²) in [6.07, 6.45) is 4.94. The summed E-state index contributed by atoms with van der Waals surface area (Å²) in [5.41, 5.74) is 0. The zero-order valence-corrected chi connectivity index (χ0v) is 10.6. The van der Waals surface area contributed by atoms with Crippen molar-refractivity contribution in [3.63, 3.8) is 0 Å². The molecular weight excluding hydrogens is 220 g/mol. The maximum absolute atomic E-state index is 12.0. The molecule has 2 unspecified atom stereocenters. The van der Waals surface area contributed by atoms with E-state index in [2.05, 4.69) is 10.6 Å². The number of hydrogen-bond donors (Lipinski definition) is 3. The highest BCUT2D eigenvalue weighted by molar-refractivity contribution is 5.82. The molecule has 0 bridgehead atoms. The van der Waals surface area contributed by atoms with Crippen LogP contribution >= 0.6 is 0 Å². The van der Waals surface area contributed by atoms with Gasteiger partial charge in [-0.25, -0.2) is 0 Å². The predicted octanol–water partition coefficient (Wildman–Crippen LogP) is 0.0322. The molecule has 0 aromatic carbocycles. The van der Waals surface area contributed by atoms with E-state index in [1.165, 1.54) is 6.42 Å². The zero-order valence-electron chi connectivity index (χ0n) is 10.6. The van der Waals surface area contributed by atoms with Crippen molar-refractivity contribution in [3.8, 4) is 0 Å². The van der Waals surface area contributed by atoms with E-state index >= 15 is 0 Å². The summed E-state index contributed by atoms with van der Waals surface area (Å²) < 4.78 is 4.94. The Hall–Kier alpha value is -0.650. The summed E-state index contributed by atoms with van der Waals surface area (Å²) >= 11 is 0. The van der Waals surface area contributed by atoms with Crippen molar-refractivity contribution in [1.29, 1.82) is 0 Å². The minimum absolute atomic E-state index is 0.00190. The average Bonchev–Trinajstić information content (AvgIpc) is 2.63. The van der Waals surface area contributed by atoms with Crippen LogP contribution in [0, 0.1) is 0 Å². The number of carbonyl (C=O) groups is 1. The Morgan fingerprint density at radius 2 is 2.35 bits per heavy atom. The third-order valence-electron chi connectivity index (χ3n) is 3.11. The summed E-state index contributed by atoms with van der Waals surface area (Å²) in [7, 11) is 1.61. The number of methoxy groups -OCH3 is 1. The summed E-state index contributed by atoms with van der Waals surface area (Å²) in [4.78, 5) is 12.0. The molecule has 0 aliphatic carbocycles. The second kappa shape index (κ2) is 8.44. The van der Waals surface area contributed by atoms with Crippen molar-refractivity contribution >= 4 is 5.91 Å². The van der Waals surface area contributed by atoms with Crippen molar-refractivity contribution in [2.45, 2.75) is 44.2 Å². The number of amides is 1. The maximum Gasteiger partial charge on any atom is 0.237 e. The Balaban J connectivity index is 2.34. The lowest BCUT2D eigenvalue weighted by molar-refractivity contribution is -0.124. The Morgan fingerprint density at radius 1 is 1.53 bits per heavy atom. The quantitative estimate of drug-likeness (QED) is 0.616. The smallest absolute Gasteiger partial charge is 0.237 e. The number of aliphatic hydroxyl groups is 1. The summed E-state index contributed by atoms with van der Waals surface area (Å²) in [5, 5.41) is 15.3. The monoisotopic (exact) mass is 244 g/mol. The standard InChI is InChI=1S/C12H24N2O3/c1-17-8-6-10(9-15)14-12(16)11-5-3-2-4-7-13-11/h10-11,13,15H,2-9H2,1H3,(H,14,16). The molecule has 1 aliphatic heterocycles. The van der Waals surface area contributed by atoms with Crippen molar-refractivity contribution in [1.82, 2.24) is 10.6 Å². The fraction of sp³-hybridized carbons (Fsp3) is 0.917. The van der Waals surface area contributed by atoms with Gasteiger partial charge in [-0.05, 0) is 25.8 Å². The maximum atomic E-state index is 12.0. The minimum atomic E-state index is -0.201. The lowest BCUT2D eigenvalue weighted by atomic mass is 10.1. The van der Waals surface area contributed by atoms with Gasteiger partial charge in [-0.1, -0.05) is 12.8 Å². The molecule has 1 fully saturated rings. The molecule has 0 radical (unpaired) electrons. The fourth-order valence-electron chi connectivity index (χ4n) is 2.02. The molecule has 0 spiro atoms. The molecule has 1 saturated heterocycles. The molecule has 1 aliphatic rings. The van der Waals surface area contributed by atoms with Crippen molar-refractivity contribution in [3.05, 3.63) is 0 Å². The Kier molecular flexibility index (Phi) is 7.16. The van der Waals surface area contributed by atoms with Crippen LogP contribution in [0.25, 0.3) is 0 Å².